The summed E-state index contributed by atoms with van der Waals surface area (Å²) >= 11 is 0. The van der Waals surface area contributed by atoms with Crippen LogP contribution in [-0.2, 0) is 0 Å². The molecule has 3 rings (SSSR count). The van der Waals surface area contributed by atoms with E-state index in [0.717, 1.165) is 39.0 Å². The molecular weight excluding hydrogens is 266 g/mol. The number of carbonyl (C=O) groups is 1. The molecule has 1 amide bonds. The van der Waals surface area contributed by atoms with Gasteiger partial charge in [-0.15, -0.1) is 5.10 Å². The summed E-state index contributed by atoms with van der Waals surface area (Å²) in [4.78, 5) is 14.5. The molecule has 0 aromatic carbocycles. The van der Waals surface area contributed by atoms with Crippen molar-refractivity contribution in [2.75, 3.05) is 26.2 Å². The van der Waals surface area contributed by atoms with Crippen LogP contribution in [0.25, 0.3) is 0 Å². The molecular formula is C15H25N5O. The average molecular weight is 291 g/mol. The van der Waals surface area contributed by atoms with Crippen LogP contribution in [0.3, 0.4) is 0 Å². The van der Waals surface area contributed by atoms with Crippen LogP contribution in [0.4, 0.5) is 0 Å². The molecule has 1 aliphatic heterocycles. The van der Waals surface area contributed by atoms with E-state index in [1.54, 1.807) is 0 Å². The second-order valence-corrected chi connectivity index (χ2v) is 6.21. The standard InChI is InChI=1S/C15H25N5O/c1-2-19(10-12-4-3-5-12)15(21)14-11-20(18-17-14)13-6-8-16-9-7-13/h11-13,16H,2-10H2,1H3. The van der Waals surface area contributed by atoms with Crippen molar-refractivity contribution in [3.05, 3.63) is 11.9 Å². The van der Waals surface area contributed by atoms with Gasteiger partial charge in [-0.2, -0.15) is 0 Å². The minimum atomic E-state index is 0.0320. The summed E-state index contributed by atoms with van der Waals surface area (Å²) in [5.74, 6) is 0.720. The summed E-state index contributed by atoms with van der Waals surface area (Å²) in [6, 6.07) is 0.377. The Balaban J connectivity index is 1.64. The molecule has 2 heterocycles. The van der Waals surface area contributed by atoms with Gasteiger partial charge in [-0.1, -0.05) is 11.6 Å². The zero-order chi connectivity index (χ0) is 14.7. The Morgan fingerprint density at radius 3 is 2.76 bits per heavy atom. The Morgan fingerprint density at radius 1 is 1.38 bits per heavy atom. The second kappa shape index (κ2) is 6.56. The van der Waals surface area contributed by atoms with Gasteiger partial charge in [0.05, 0.1) is 12.2 Å². The van der Waals surface area contributed by atoms with Gasteiger partial charge in [0.25, 0.3) is 5.91 Å². The van der Waals surface area contributed by atoms with E-state index in [1.165, 1.54) is 19.3 Å². The maximum atomic E-state index is 12.5. The first-order valence-corrected chi connectivity index (χ1v) is 8.19. The SMILES string of the molecule is CCN(CC1CCC1)C(=O)c1cn(C2CCNCC2)nn1. The first kappa shape index (κ1) is 14.5. The first-order valence-electron chi connectivity index (χ1n) is 8.19. The third-order valence-corrected chi connectivity index (χ3v) is 4.78. The molecule has 0 radical (unpaired) electrons. The van der Waals surface area contributed by atoms with E-state index >= 15 is 0 Å². The van der Waals surface area contributed by atoms with Crippen molar-refractivity contribution < 1.29 is 4.79 Å². The lowest BCUT2D eigenvalue weighted by Gasteiger charge is -2.31. The van der Waals surface area contributed by atoms with E-state index in [4.69, 9.17) is 0 Å². The summed E-state index contributed by atoms with van der Waals surface area (Å²) in [7, 11) is 0. The summed E-state index contributed by atoms with van der Waals surface area (Å²) in [5.41, 5.74) is 0.495. The molecule has 1 saturated carbocycles. The van der Waals surface area contributed by atoms with E-state index in [1.807, 2.05) is 22.7 Å². The number of carbonyl (C=O) groups excluding carboxylic acids is 1. The van der Waals surface area contributed by atoms with Crippen LogP contribution in [-0.4, -0.2) is 52.0 Å². The molecule has 1 saturated heterocycles. The number of nitrogens with zero attached hydrogens (tertiary/aromatic N) is 4. The van der Waals surface area contributed by atoms with Gasteiger partial charge < -0.3 is 10.2 Å². The monoisotopic (exact) mass is 291 g/mol. The predicted molar refractivity (Wildman–Crippen MR) is 80.1 cm³/mol. The van der Waals surface area contributed by atoms with Gasteiger partial charge in [0.15, 0.2) is 5.69 Å². The van der Waals surface area contributed by atoms with Crippen LogP contribution >= 0.6 is 0 Å². The van der Waals surface area contributed by atoms with Gasteiger partial charge in [-0.3, -0.25) is 4.79 Å². The van der Waals surface area contributed by atoms with Gasteiger partial charge in [-0.25, -0.2) is 4.68 Å². The molecule has 1 aliphatic carbocycles. The predicted octanol–water partition coefficient (Wildman–Crippen LogP) is 1.46. The lowest BCUT2D eigenvalue weighted by atomic mass is 9.85. The van der Waals surface area contributed by atoms with Crippen LogP contribution in [0, 0.1) is 5.92 Å². The van der Waals surface area contributed by atoms with E-state index in [2.05, 4.69) is 15.6 Å². The summed E-state index contributed by atoms with van der Waals surface area (Å²) < 4.78 is 1.88. The van der Waals surface area contributed by atoms with Crippen molar-refractivity contribution in [2.45, 2.75) is 45.1 Å². The highest BCUT2D eigenvalue weighted by molar-refractivity contribution is 5.91. The number of rotatable bonds is 5. The van der Waals surface area contributed by atoms with Gasteiger partial charge >= 0.3 is 0 Å². The van der Waals surface area contributed by atoms with Crippen LogP contribution in [0.2, 0.25) is 0 Å². The number of hydrogen-bond donors (Lipinski definition) is 1. The van der Waals surface area contributed by atoms with Crippen LogP contribution < -0.4 is 5.32 Å². The maximum Gasteiger partial charge on any atom is 0.276 e. The molecule has 1 N–H and O–H groups in total. The highest BCUT2D eigenvalue weighted by Gasteiger charge is 2.25. The van der Waals surface area contributed by atoms with Crippen molar-refractivity contribution >= 4 is 5.91 Å². The molecule has 116 valence electrons. The average Bonchev–Trinajstić information content (AvgIpc) is 2.96. The highest BCUT2D eigenvalue weighted by Crippen LogP contribution is 2.27. The largest absolute Gasteiger partial charge is 0.337 e. The van der Waals surface area contributed by atoms with Crippen LogP contribution in [0.15, 0.2) is 6.20 Å². The Kier molecular flexibility index (Phi) is 4.53. The third-order valence-electron chi connectivity index (χ3n) is 4.78. The minimum Gasteiger partial charge on any atom is -0.337 e. The van der Waals surface area contributed by atoms with Crippen molar-refractivity contribution in [3.63, 3.8) is 0 Å². The number of aromatic nitrogens is 3. The third kappa shape index (κ3) is 3.26. The Labute approximate surface area is 125 Å². The molecule has 0 unspecified atom stereocenters. The molecule has 0 bridgehead atoms. The quantitative estimate of drug-likeness (QED) is 0.892. The highest BCUT2D eigenvalue weighted by atomic mass is 16.2. The van der Waals surface area contributed by atoms with E-state index in [0.29, 0.717) is 17.7 Å². The molecule has 21 heavy (non-hydrogen) atoms. The smallest absolute Gasteiger partial charge is 0.276 e. The molecule has 1 aromatic heterocycles. The summed E-state index contributed by atoms with van der Waals surface area (Å²) in [5, 5.41) is 11.6. The minimum absolute atomic E-state index is 0.0320. The molecule has 6 heteroatoms. The van der Waals surface area contributed by atoms with E-state index in [-0.39, 0.29) is 5.91 Å². The van der Waals surface area contributed by atoms with Gasteiger partial charge in [0.2, 0.25) is 0 Å². The second-order valence-electron chi connectivity index (χ2n) is 6.21. The lowest BCUT2D eigenvalue weighted by molar-refractivity contribution is 0.0700. The van der Waals surface area contributed by atoms with Crippen LogP contribution in [0.5, 0.6) is 0 Å². The van der Waals surface area contributed by atoms with Crippen molar-refractivity contribution in [2.24, 2.45) is 5.92 Å². The van der Waals surface area contributed by atoms with Crippen molar-refractivity contribution in [3.8, 4) is 0 Å². The van der Waals surface area contributed by atoms with Crippen molar-refractivity contribution in [1.29, 1.82) is 0 Å². The Bertz CT molecular complexity index is 476. The normalized spacial score (nSPS) is 20.2. The van der Waals surface area contributed by atoms with Gasteiger partial charge in [0, 0.05) is 13.1 Å². The molecule has 6 nitrogen and oxygen atoms in total. The van der Waals surface area contributed by atoms with E-state index < -0.39 is 0 Å². The van der Waals surface area contributed by atoms with Gasteiger partial charge in [0.1, 0.15) is 0 Å². The summed E-state index contributed by atoms with van der Waals surface area (Å²) in [6.45, 7) is 5.67. The van der Waals surface area contributed by atoms with Crippen molar-refractivity contribution in [1.82, 2.24) is 25.2 Å². The molecule has 1 aromatic rings. The number of piperidine rings is 1. The van der Waals surface area contributed by atoms with E-state index in [9.17, 15) is 4.79 Å². The zero-order valence-corrected chi connectivity index (χ0v) is 12.8. The zero-order valence-electron chi connectivity index (χ0n) is 12.8. The summed E-state index contributed by atoms with van der Waals surface area (Å²) in [6.07, 6.45) is 7.76. The molecule has 0 spiro atoms. The molecule has 2 aliphatic rings. The Morgan fingerprint density at radius 2 is 2.14 bits per heavy atom. The van der Waals surface area contributed by atoms with Crippen LogP contribution in [0.1, 0.15) is 55.6 Å². The fourth-order valence-corrected chi connectivity index (χ4v) is 3.13. The number of amides is 1. The fourth-order valence-electron chi connectivity index (χ4n) is 3.13. The Hall–Kier alpha value is -1.43. The number of hydrogen-bond acceptors (Lipinski definition) is 4. The topological polar surface area (TPSA) is 63.1 Å². The first-order chi connectivity index (χ1) is 10.3. The maximum absolute atomic E-state index is 12.5. The van der Waals surface area contributed by atoms with Gasteiger partial charge in [-0.05, 0) is 51.6 Å². The fraction of sp³-hybridized carbons (Fsp3) is 0.800. The lowest BCUT2D eigenvalue weighted by Crippen LogP contribution is -2.37. The molecule has 2 fully saturated rings. The molecule has 0 atom stereocenters. The number of nitrogens with one attached hydrogen (secondary N) is 1.